The number of amidine groups is 1. The molecule has 0 saturated carbocycles. The summed E-state index contributed by atoms with van der Waals surface area (Å²) in [4.78, 5) is 32.9. The second kappa shape index (κ2) is 6.25. The minimum atomic E-state index is -1.43. The number of carbonyl (C=O) groups excluding carboxylic acids is 2. The van der Waals surface area contributed by atoms with Gasteiger partial charge in [0.1, 0.15) is 6.61 Å². The van der Waals surface area contributed by atoms with Gasteiger partial charge in [0, 0.05) is 0 Å². The first-order valence-electron chi connectivity index (χ1n) is 4.05. The van der Waals surface area contributed by atoms with E-state index in [9.17, 15) is 19.7 Å². The third-order valence-electron chi connectivity index (χ3n) is 1.52. The summed E-state index contributed by atoms with van der Waals surface area (Å²) in [5.74, 6) is -4.17. The number of ether oxygens (including phenoxy) is 2. The highest BCUT2D eigenvalue weighted by Crippen LogP contribution is 1.99. The summed E-state index contributed by atoms with van der Waals surface area (Å²) in [5, 5.41) is 10.1. The Balaban J connectivity index is 4.33. The van der Waals surface area contributed by atoms with Crippen molar-refractivity contribution >= 4 is 17.8 Å². The molecular weight excluding hydrogens is 222 g/mol. The fourth-order valence-corrected chi connectivity index (χ4v) is 0.686. The van der Waals surface area contributed by atoms with Crippen LogP contribution in [0.1, 0.15) is 6.92 Å². The van der Waals surface area contributed by atoms with Gasteiger partial charge in [-0.05, 0) is 6.92 Å². The Morgan fingerprint density at radius 2 is 2.12 bits per heavy atom. The lowest BCUT2D eigenvalue weighted by atomic mass is 10.2. The van der Waals surface area contributed by atoms with Crippen molar-refractivity contribution in [2.24, 2.45) is 5.92 Å². The van der Waals surface area contributed by atoms with Crippen LogP contribution in [0.5, 0.6) is 0 Å². The van der Waals surface area contributed by atoms with Crippen molar-refractivity contribution in [3.05, 3.63) is 15.6 Å². The van der Waals surface area contributed by atoms with Crippen LogP contribution in [0.25, 0.3) is 5.53 Å². The number of hydrogen-bond donors (Lipinski definition) is 0. The molecular formula is C7H9N3O6. The predicted molar refractivity (Wildman–Crippen MR) is 47.8 cm³/mol. The number of methoxy groups -OCH3 is 1. The summed E-state index contributed by atoms with van der Waals surface area (Å²) < 4.78 is 8.70. The number of nitro groups is 1. The van der Waals surface area contributed by atoms with Crippen molar-refractivity contribution in [1.29, 1.82) is 0 Å². The van der Waals surface area contributed by atoms with E-state index in [1.54, 1.807) is 0 Å². The zero-order chi connectivity index (χ0) is 12.7. The van der Waals surface area contributed by atoms with Gasteiger partial charge in [-0.25, -0.2) is 4.79 Å². The van der Waals surface area contributed by atoms with Crippen LogP contribution in [0.15, 0.2) is 0 Å². The molecule has 0 aliphatic heterocycles. The van der Waals surface area contributed by atoms with E-state index in [-0.39, 0.29) is 0 Å². The van der Waals surface area contributed by atoms with Crippen molar-refractivity contribution in [1.82, 2.24) is 0 Å². The van der Waals surface area contributed by atoms with Crippen molar-refractivity contribution in [2.75, 3.05) is 13.7 Å². The van der Waals surface area contributed by atoms with Gasteiger partial charge in [0.25, 0.3) is 0 Å². The molecule has 0 saturated heterocycles. The van der Waals surface area contributed by atoms with Crippen LogP contribution in [-0.2, 0) is 19.1 Å². The van der Waals surface area contributed by atoms with Crippen LogP contribution in [0.2, 0.25) is 0 Å². The van der Waals surface area contributed by atoms with E-state index in [1.165, 1.54) is 6.92 Å². The first-order chi connectivity index (χ1) is 7.43. The van der Waals surface area contributed by atoms with E-state index in [0.29, 0.717) is 0 Å². The van der Waals surface area contributed by atoms with Crippen LogP contribution in [-0.4, -0.2) is 41.2 Å². The molecule has 0 unspecified atom stereocenters. The van der Waals surface area contributed by atoms with Crippen LogP contribution in [0, 0.1) is 16.0 Å². The lowest BCUT2D eigenvalue weighted by molar-refractivity contribution is -0.383. The molecule has 0 aliphatic carbocycles. The molecule has 0 aromatic heterocycles. The largest absolute Gasteiger partial charge is 0.690 e. The SMILES string of the molecule is COC(=O)[C@H](C)COC(=O)C(=[N+]=[N-])[N+](=O)[O-]. The van der Waals surface area contributed by atoms with E-state index in [4.69, 9.17) is 5.53 Å². The van der Waals surface area contributed by atoms with Crippen molar-refractivity contribution in [3.8, 4) is 0 Å². The molecule has 0 aromatic rings. The van der Waals surface area contributed by atoms with Gasteiger partial charge in [0.2, 0.25) is 0 Å². The second-order valence-electron chi connectivity index (χ2n) is 2.70. The van der Waals surface area contributed by atoms with E-state index in [0.717, 1.165) is 7.11 Å². The van der Waals surface area contributed by atoms with Gasteiger partial charge in [-0.3, -0.25) is 14.9 Å². The highest BCUT2D eigenvalue weighted by atomic mass is 16.6. The maximum atomic E-state index is 10.9. The van der Waals surface area contributed by atoms with E-state index >= 15 is 0 Å². The smallest absolute Gasteiger partial charge is 0.469 e. The van der Waals surface area contributed by atoms with Crippen LogP contribution in [0.3, 0.4) is 0 Å². The van der Waals surface area contributed by atoms with E-state index < -0.39 is 35.2 Å². The Morgan fingerprint density at radius 1 is 1.56 bits per heavy atom. The van der Waals surface area contributed by atoms with Crippen molar-refractivity contribution in [3.63, 3.8) is 0 Å². The Labute approximate surface area is 89.7 Å². The molecule has 0 rings (SSSR count). The summed E-state index contributed by atoms with van der Waals surface area (Å²) in [6.07, 6.45) is 0. The molecule has 16 heavy (non-hydrogen) atoms. The van der Waals surface area contributed by atoms with Crippen molar-refractivity contribution < 1.29 is 28.8 Å². The van der Waals surface area contributed by atoms with Crippen molar-refractivity contribution in [2.45, 2.75) is 6.92 Å². The molecule has 0 amide bonds. The first kappa shape index (κ1) is 13.7. The fourth-order valence-electron chi connectivity index (χ4n) is 0.686. The maximum absolute atomic E-state index is 10.9. The number of hydrogen-bond acceptors (Lipinski definition) is 6. The minimum absolute atomic E-state index is 0.404. The van der Waals surface area contributed by atoms with Gasteiger partial charge in [-0.1, -0.05) is 4.79 Å². The molecule has 0 aliphatic rings. The van der Waals surface area contributed by atoms with Gasteiger partial charge < -0.3 is 15.0 Å². The molecule has 0 bridgehead atoms. The molecule has 88 valence electrons. The third kappa shape index (κ3) is 3.84. The lowest BCUT2D eigenvalue weighted by Crippen LogP contribution is -2.29. The fraction of sp³-hybridized carbons (Fsp3) is 0.571. The highest BCUT2D eigenvalue weighted by molar-refractivity contribution is 6.28. The normalized spacial score (nSPS) is 10.9. The Hall–Kier alpha value is -2.28. The van der Waals surface area contributed by atoms with E-state index in [2.05, 4.69) is 14.3 Å². The quantitative estimate of drug-likeness (QED) is 0.119. The molecule has 0 heterocycles. The minimum Gasteiger partial charge on any atom is -0.469 e. The van der Waals surface area contributed by atoms with Gasteiger partial charge in [0.15, 0.2) is 4.92 Å². The van der Waals surface area contributed by atoms with Gasteiger partial charge in [-0.15, -0.1) is 0 Å². The number of esters is 2. The summed E-state index contributed by atoms with van der Waals surface area (Å²) in [6.45, 7) is 0.999. The molecule has 0 radical (unpaired) electrons. The van der Waals surface area contributed by atoms with E-state index in [1.807, 2.05) is 0 Å². The van der Waals surface area contributed by atoms with Gasteiger partial charge in [0.05, 0.1) is 13.0 Å². The average molecular weight is 231 g/mol. The van der Waals surface area contributed by atoms with Gasteiger partial charge in [-0.2, -0.15) is 0 Å². The number of rotatable bonds is 3. The summed E-state index contributed by atoms with van der Waals surface area (Å²) in [7, 11) is 1.15. The monoisotopic (exact) mass is 231 g/mol. The van der Waals surface area contributed by atoms with Crippen LogP contribution in [0.4, 0.5) is 0 Å². The first-order valence-corrected chi connectivity index (χ1v) is 4.05. The molecule has 0 N–H and O–H groups in total. The number of nitrogens with zero attached hydrogens (tertiary/aromatic N) is 3. The standard InChI is InChI=1S/C7H9N3O6/c1-4(6(11)15-2)3-16-7(12)5(9-8)10(13)14/h4H,3H2,1-2H3/t4-/m1/s1. The van der Waals surface area contributed by atoms with Gasteiger partial charge >= 0.3 is 17.8 Å². The Bertz CT molecular complexity index is 359. The molecule has 0 spiro atoms. The lowest BCUT2D eigenvalue weighted by Gasteiger charge is -2.06. The zero-order valence-corrected chi connectivity index (χ0v) is 8.58. The topological polar surface area (TPSA) is 132 Å². The highest BCUT2D eigenvalue weighted by Gasteiger charge is 2.37. The van der Waals surface area contributed by atoms with Crippen LogP contribution >= 0.6 is 0 Å². The molecule has 1 atom stereocenters. The molecule has 9 heteroatoms. The van der Waals surface area contributed by atoms with Crippen LogP contribution < -0.4 is 0 Å². The second-order valence-corrected chi connectivity index (χ2v) is 2.70. The third-order valence-corrected chi connectivity index (χ3v) is 1.52. The maximum Gasteiger partial charge on any atom is 0.690 e. The summed E-state index contributed by atoms with van der Waals surface area (Å²) in [6, 6.07) is 0. The molecule has 0 fully saturated rings. The average Bonchev–Trinajstić information content (AvgIpc) is 2.25. The number of carbonyl (C=O) groups is 2. The summed E-state index contributed by atoms with van der Waals surface area (Å²) >= 11 is 0. The Morgan fingerprint density at radius 3 is 2.50 bits per heavy atom. The predicted octanol–water partition coefficient (Wildman–Crippen LogP) is -0.756. The zero-order valence-electron chi connectivity index (χ0n) is 8.58. The molecule has 9 nitrogen and oxygen atoms in total. The Kier molecular flexibility index (Phi) is 5.36. The summed E-state index contributed by atoms with van der Waals surface area (Å²) in [5.41, 5.74) is 8.14. The molecule has 0 aromatic carbocycles.